The van der Waals surface area contributed by atoms with Gasteiger partial charge in [0.05, 0.1) is 18.2 Å². The van der Waals surface area contributed by atoms with Gasteiger partial charge in [-0.15, -0.1) is 0 Å². The second-order valence-corrected chi connectivity index (χ2v) is 10.3. The molecule has 9 atom stereocenters. The summed E-state index contributed by atoms with van der Waals surface area (Å²) in [6, 6.07) is 7.15. The van der Waals surface area contributed by atoms with Gasteiger partial charge in [-0.2, -0.15) is 0 Å². The molecule has 0 bridgehead atoms. The Morgan fingerprint density at radius 2 is 1.64 bits per heavy atom. The molecule has 2 aliphatic heterocycles. The molecule has 238 valence electrons. The molecule has 44 heavy (non-hydrogen) atoms. The third-order valence-electron chi connectivity index (χ3n) is 7.14. The number of fused-ring (bicyclic) bond motifs is 1. The lowest BCUT2D eigenvalue weighted by molar-refractivity contribution is -0.345. The van der Waals surface area contributed by atoms with Gasteiger partial charge < -0.3 is 69.6 Å². The van der Waals surface area contributed by atoms with Gasteiger partial charge >= 0.3 is 17.3 Å². The molecule has 0 aliphatic carbocycles. The highest BCUT2D eigenvalue weighted by atomic mass is 16.8. The van der Waals surface area contributed by atoms with Crippen molar-refractivity contribution in [2.75, 3.05) is 13.2 Å². The van der Waals surface area contributed by atoms with Crippen molar-refractivity contribution < 1.29 is 78.9 Å². The first kappa shape index (κ1) is 31.4. The van der Waals surface area contributed by atoms with Crippen LogP contribution >= 0.6 is 0 Å². The Labute approximate surface area is 248 Å². The van der Waals surface area contributed by atoms with E-state index >= 15 is 0 Å². The normalized spacial score (nSPS) is 30.6. The molecule has 2 aromatic carbocycles. The minimum atomic E-state index is -1.84. The van der Waals surface area contributed by atoms with Crippen LogP contribution < -0.4 is 4.74 Å². The number of aliphatic hydroxyl groups excluding tert-OH is 5. The van der Waals surface area contributed by atoms with Crippen LogP contribution in [0.25, 0.3) is 22.3 Å². The number of esters is 1. The Morgan fingerprint density at radius 1 is 0.886 bits per heavy atom. The fraction of sp³-hybridized carbons (Fsp3) is 0.429. The van der Waals surface area contributed by atoms with E-state index in [-0.39, 0.29) is 33.8 Å². The number of rotatable bonds is 7. The van der Waals surface area contributed by atoms with Gasteiger partial charge in [0.15, 0.2) is 23.9 Å². The summed E-state index contributed by atoms with van der Waals surface area (Å²) in [5.74, 6) is -2.77. The number of benzene rings is 2. The molecule has 9 N–H and O–H groups in total. The first-order valence-corrected chi connectivity index (χ1v) is 13.3. The molecule has 5 rings (SSSR count). The molecule has 3 heterocycles. The molecular formula is C28H31O16+. The fourth-order valence-electron chi connectivity index (χ4n) is 4.80. The van der Waals surface area contributed by atoms with Crippen molar-refractivity contribution >= 4 is 16.9 Å². The highest BCUT2D eigenvalue weighted by molar-refractivity contribution is 5.88. The van der Waals surface area contributed by atoms with Crippen molar-refractivity contribution in [1.29, 1.82) is 0 Å². The number of ether oxygens (including phenoxy) is 5. The van der Waals surface area contributed by atoms with Gasteiger partial charge in [0.1, 0.15) is 60.1 Å². The molecule has 1 aromatic heterocycles. The van der Waals surface area contributed by atoms with Gasteiger partial charge in [-0.25, -0.2) is 4.42 Å². The number of phenols is 4. The standard InChI is InChI=1S/C28H30O16/c1-10(29)39-9-20-22(36)23(37)26(44-27-24(38)21(35)17(34)8-40-27)28(43-20)42-19-7-13-15(32)5-12(30)6-18(13)41-25(19)11-2-3-14(31)16(33)4-11/h2-7,17,20-24,26-28,34-38H,8-9H2,1H3,(H3-,30,31,32,33)/p+1/t17-,20-,21+,22-,23+,24-,26-,27+,28-/m1/s1. The summed E-state index contributed by atoms with van der Waals surface area (Å²) in [5, 5.41) is 92.7. The first-order valence-electron chi connectivity index (χ1n) is 13.3. The van der Waals surface area contributed by atoms with E-state index < -0.39 is 91.7 Å². The van der Waals surface area contributed by atoms with Gasteiger partial charge in [0, 0.05) is 25.1 Å². The SMILES string of the molecule is CC(=O)OC[C@H]1O[C@@H](Oc2cc3c(O)cc(O)cc3[o+]c2-c2ccc(O)c(O)c2)[C@H](O[C@@H]2OC[C@@H](O)[C@H](O)[C@H]2O)[C@@H](O)[C@@H]1O. The van der Waals surface area contributed by atoms with E-state index in [4.69, 9.17) is 28.1 Å². The third-order valence-corrected chi connectivity index (χ3v) is 7.14. The number of aromatic hydroxyl groups is 4. The van der Waals surface area contributed by atoms with Gasteiger partial charge in [-0.3, -0.25) is 4.79 Å². The van der Waals surface area contributed by atoms with Gasteiger partial charge in [0.2, 0.25) is 12.0 Å². The zero-order valence-corrected chi connectivity index (χ0v) is 23.0. The van der Waals surface area contributed by atoms with Crippen molar-refractivity contribution in [1.82, 2.24) is 0 Å². The minimum absolute atomic E-state index is 0.0238. The topological polar surface area (TPSA) is 257 Å². The summed E-state index contributed by atoms with van der Waals surface area (Å²) in [4.78, 5) is 11.4. The monoisotopic (exact) mass is 623 g/mol. The highest BCUT2D eigenvalue weighted by Gasteiger charge is 2.51. The van der Waals surface area contributed by atoms with Crippen molar-refractivity contribution in [3.05, 3.63) is 36.4 Å². The van der Waals surface area contributed by atoms with E-state index in [0.29, 0.717) is 0 Å². The number of hydrogen-bond donors (Lipinski definition) is 9. The largest absolute Gasteiger partial charge is 0.507 e. The lowest BCUT2D eigenvalue weighted by Gasteiger charge is -2.44. The smallest absolute Gasteiger partial charge is 0.402 e. The molecular weight excluding hydrogens is 592 g/mol. The van der Waals surface area contributed by atoms with Gasteiger partial charge in [-0.05, 0) is 12.1 Å². The summed E-state index contributed by atoms with van der Waals surface area (Å²) < 4.78 is 33.8. The van der Waals surface area contributed by atoms with E-state index in [1.807, 2.05) is 0 Å². The van der Waals surface area contributed by atoms with Crippen LogP contribution in [-0.4, -0.2) is 120 Å². The number of hydrogen-bond acceptors (Lipinski definition) is 15. The predicted molar refractivity (Wildman–Crippen MR) is 143 cm³/mol. The average Bonchev–Trinajstić information content (AvgIpc) is 2.97. The second kappa shape index (κ2) is 12.5. The fourth-order valence-corrected chi connectivity index (χ4v) is 4.80. The van der Waals surface area contributed by atoms with Crippen LogP contribution in [0.2, 0.25) is 0 Å². The zero-order valence-electron chi connectivity index (χ0n) is 23.0. The van der Waals surface area contributed by atoms with Crippen LogP contribution in [0.3, 0.4) is 0 Å². The van der Waals surface area contributed by atoms with Crippen molar-refractivity contribution in [2.45, 2.75) is 62.2 Å². The molecule has 3 aromatic rings. The van der Waals surface area contributed by atoms with Crippen molar-refractivity contribution in [3.8, 4) is 40.1 Å². The average molecular weight is 624 g/mol. The van der Waals surface area contributed by atoms with E-state index in [1.54, 1.807) is 0 Å². The van der Waals surface area contributed by atoms with Crippen LogP contribution in [0.5, 0.6) is 28.7 Å². The number of aliphatic hydroxyl groups is 5. The highest BCUT2D eigenvalue weighted by Crippen LogP contribution is 2.42. The lowest BCUT2D eigenvalue weighted by atomic mass is 9.98. The summed E-state index contributed by atoms with van der Waals surface area (Å²) in [5.41, 5.74) is 0.109. The molecule has 0 unspecified atom stereocenters. The summed E-state index contributed by atoms with van der Waals surface area (Å²) in [6.07, 6.45) is -14.8. The third kappa shape index (κ3) is 6.28. The van der Waals surface area contributed by atoms with Crippen LogP contribution in [0.4, 0.5) is 0 Å². The molecule has 0 radical (unpaired) electrons. The van der Waals surface area contributed by atoms with Crippen LogP contribution in [-0.2, 0) is 23.7 Å². The maximum atomic E-state index is 11.4. The molecule has 16 nitrogen and oxygen atoms in total. The Kier molecular flexibility index (Phi) is 8.96. The quantitative estimate of drug-likeness (QED) is 0.0906. The maximum Gasteiger partial charge on any atom is 0.402 e. The molecule has 2 fully saturated rings. The molecule has 2 aliphatic rings. The summed E-state index contributed by atoms with van der Waals surface area (Å²) >= 11 is 0. The van der Waals surface area contributed by atoms with Crippen LogP contribution in [0.15, 0.2) is 40.8 Å². The summed E-state index contributed by atoms with van der Waals surface area (Å²) in [6.45, 7) is 0.154. The van der Waals surface area contributed by atoms with Crippen LogP contribution in [0, 0.1) is 0 Å². The van der Waals surface area contributed by atoms with Gasteiger partial charge in [-0.1, -0.05) is 0 Å². The van der Waals surface area contributed by atoms with E-state index in [9.17, 15) is 50.8 Å². The molecule has 16 heteroatoms. The Morgan fingerprint density at radius 3 is 2.34 bits per heavy atom. The molecule has 0 amide bonds. The first-order chi connectivity index (χ1) is 20.8. The Hall–Kier alpha value is -4.00. The number of carbonyl (C=O) groups is 1. The van der Waals surface area contributed by atoms with E-state index in [0.717, 1.165) is 25.1 Å². The maximum absolute atomic E-state index is 11.4. The minimum Gasteiger partial charge on any atom is -0.507 e. The van der Waals surface area contributed by atoms with E-state index in [1.165, 1.54) is 18.2 Å². The van der Waals surface area contributed by atoms with Crippen molar-refractivity contribution in [2.24, 2.45) is 0 Å². The van der Waals surface area contributed by atoms with Crippen molar-refractivity contribution in [3.63, 3.8) is 0 Å². The Balaban J connectivity index is 1.57. The lowest BCUT2D eigenvalue weighted by Crippen LogP contribution is -2.64. The molecule has 2 saturated heterocycles. The second-order valence-electron chi connectivity index (χ2n) is 10.3. The summed E-state index contributed by atoms with van der Waals surface area (Å²) in [7, 11) is 0. The number of phenolic OH excluding ortho intramolecular Hbond substituents is 4. The van der Waals surface area contributed by atoms with Gasteiger partial charge in [0.25, 0.3) is 0 Å². The Bertz CT molecular complexity index is 1510. The predicted octanol–water partition coefficient (Wildman–Crippen LogP) is -0.584. The molecule has 0 spiro atoms. The van der Waals surface area contributed by atoms with E-state index in [2.05, 4.69) is 0 Å². The zero-order chi connectivity index (χ0) is 31.9. The molecule has 0 saturated carbocycles. The number of carbonyl (C=O) groups excluding carboxylic acids is 1. The van der Waals surface area contributed by atoms with Crippen LogP contribution in [0.1, 0.15) is 6.92 Å².